The number of fused-ring (bicyclic) bond motifs is 1. The summed E-state index contributed by atoms with van der Waals surface area (Å²) in [5, 5.41) is 12.0. The van der Waals surface area contributed by atoms with Crippen LogP contribution in [-0.4, -0.2) is 48.2 Å². The number of rotatable bonds is 5. The average molecular weight is 374 g/mol. The zero-order valence-electron chi connectivity index (χ0n) is 14.9. The molecule has 2 fully saturated rings. The second kappa shape index (κ2) is 6.75. The maximum atomic E-state index is 12.7. The third-order valence-electron chi connectivity index (χ3n) is 5.52. The quantitative estimate of drug-likeness (QED) is 0.805. The van der Waals surface area contributed by atoms with Crippen molar-refractivity contribution in [2.45, 2.75) is 37.6 Å². The summed E-state index contributed by atoms with van der Waals surface area (Å²) in [4.78, 5) is 37.8. The number of hydrogen-bond acceptors (Lipinski definition) is 5. The largest absolute Gasteiger partial charge is 0.486 e. The predicted octanol–water partition coefficient (Wildman–Crippen LogP) is 1.32. The van der Waals surface area contributed by atoms with E-state index in [-0.39, 0.29) is 31.2 Å². The number of carboxylic acid groups (broad SMARTS) is 1. The van der Waals surface area contributed by atoms with Gasteiger partial charge in [-0.3, -0.25) is 14.4 Å². The summed E-state index contributed by atoms with van der Waals surface area (Å²) in [6, 6.07) is 5.30. The van der Waals surface area contributed by atoms with Crippen LogP contribution in [-0.2, 0) is 14.4 Å². The maximum absolute atomic E-state index is 12.7. The molecule has 27 heavy (non-hydrogen) atoms. The van der Waals surface area contributed by atoms with Crippen LogP contribution >= 0.6 is 0 Å². The number of ether oxygens (including phenoxy) is 2. The normalized spacial score (nSPS) is 22.9. The van der Waals surface area contributed by atoms with Crippen molar-refractivity contribution in [3.8, 4) is 11.5 Å². The van der Waals surface area contributed by atoms with Crippen molar-refractivity contribution < 1.29 is 29.0 Å². The van der Waals surface area contributed by atoms with E-state index in [9.17, 15) is 14.4 Å². The smallest absolute Gasteiger partial charge is 0.305 e. The predicted molar refractivity (Wildman–Crippen MR) is 94.9 cm³/mol. The maximum Gasteiger partial charge on any atom is 0.305 e. The summed E-state index contributed by atoms with van der Waals surface area (Å²) >= 11 is 0. The van der Waals surface area contributed by atoms with Gasteiger partial charge in [0, 0.05) is 24.7 Å². The first-order valence-corrected chi connectivity index (χ1v) is 9.20. The van der Waals surface area contributed by atoms with E-state index in [0.29, 0.717) is 43.2 Å². The number of hydrogen-bond donors (Lipinski definition) is 2. The number of benzene rings is 1. The zero-order chi connectivity index (χ0) is 19.0. The van der Waals surface area contributed by atoms with E-state index in [1.807, 2.05) is 0 Å². The number of carbonyl (C=O) groups is 3. The molecule has 1 aromatic rings. The molecule has 2 heterocycles. The Morgan fingerprint density at radius 2 is 1.96 bits per heavy atom. The van der Waals surface area contributed by atoms with Gasteiger partial charge in [-0.05, 0) is 31.4 Å². The van der Waals surface area contributed by atoms with E-state index in [2.05, 4.69) is 5.32 Å². The van der Waals surface area contributed by atoms with E-state index < -0.39 is 17.4 Å². The monoisotopic (exact) mass is 374 g/mol. The number of amides is 2. The van der Waals surface area contributed by atoms with Gasteiger partial charge in [0.15, 0.2) is 11.5 Å². The van der Waals surface area contributed by atoms with Crippen LogP contribution in [0.2, 0.25) is 0 Å². The number of carboxylic acids is 1. The van der Waals surface area contributed by atoms with Crippen LogP contribution < -0.4 is 19.7 Å². The number of nitrogens with one attached hydrogen (secondary N) is 1. The van der Waals surface area contributed by atoms with Crippen molar-refractivity contribution >= 4 is 23.5 Å². The molecular weight excluding hydrogens is 352 g/mol. The molecule has 4 rings (SSSR count). The average Bonchev–Trinajstić information content (AvgIpc) is 3.01. The van der Waals surface area contributed by atoms with Crippen LogP contribution in [0.4, 0.5) is 5.69 Å². The number of nitrogens with zero attached hydrogens (tertiary/aromatic N) is 1. The zero-order valence-corrected chi connectivity index (χ0v) is 14.9. The molecule has 0 radical (unpaired) electrons. The van der Waals surface area contributed by atoms with Gasteiger partial charge in [0.1, 0.15) is 13.2 Å². The summed E-state index contributed by atoms with van der Waals surface area (Å²) in [7, 11) is 0. The molecule has 1 aromatic carbocycles. The molecule has 8 heteroatoms. The summed E-state index contributed by atoms with van der Waals surface area (Å²) in [6.07, 6.45) is 2.27. The minimum atomic E-state index is -0.921. The fourth-order valence-electron chi connectivity index (χ4n) is 3.94. The van der Waals surface area contributed by atoms with Gasteiger partial charge in [-0.1, -0.05) is 0 Å². The molecule has 1 saturated carbocycles. The minimum Gasteiger partial charge on any atom is -0.486 e. The van der Waals surface area contributed by atoms with Crippen LogP contribution in [0.3, 0.4) is 0 Å². The molecule has 2 aliphatic heterocycles. The van der Waals surface area contributed by atoms with E-state index in [0.717, 1.165) is 6.42 Å². The first kappa shape index (κ1) is 17.6. The molecule has 2 amide bonds. The van der Waals surface area contributed by atoms with Gasteiger partial charge in [0.25, 0.3) is 0 Å². The lowest BCUT2D eigenvalue weighted by molar-refractivity contribution is -0.141. The molecule has 144 valence electrons. The molecule has 8 nitrogen and oxygen atoms in total. The fraction of sp³-hybridized carbons (Fsp3) is 0.526. The van der Waals surface area contributed by atoms with Crippen LogP contribution in [0.1, 0.15) is 32.1 Å². The highest BCUT2D eigenvalue weighted by Gasteiger charge is 2.43. The molecule has 3 aliphatic rings. The highest BCUT2D eigenvalue weighted by atomic mass is 16.6. The number of aliphatic carboxylic acids is 1. The lowest BCUT2D eigenvalue weighted by Crippen LogP contribution is -2.56. The molecule has 1 aliphatic carbocycles. The second-order valence-electron chi connectivity index (χ2n) is 7.43. The molecule has 0 bridgehead atoms. The standard InChI is InChI=1S/C19H22N2O6/c22-16-8-12(18(25)20-19(4-1-5-19)10-17(23)24)11-21(16)13-2-3-14-15(9-13)27-7-6-26-14/h2-3,9,12H,1,4-8,10-11H2,(H,20,25)(H,23,24). The Labute approximate surface area is 156 Å². The van der Waals surface area contributed by atoms with Gasteiger partial charge in [-0.25, -0.2) is 0 Å². The van der Waals surface area contributed by atoms with Crippen molar-refractivity contribution in [2.75, 3.05) is 24.7 Å². The Hall–Kier alpha value is -2.77. The van der Waals surface area contributed by atoms with Crippen molar-refractivity contribution in [3.05, 3.63) is 18.2 Å². The van der Waals surface area contributed by atoms with Crippen LogP contribution in [0, 0.1) is 5.92 Å². The van der Waals surface area contributed by atoms with Crippen LogP contribution in [0.5, 0.6) is 11.5 Å². The fourth-order valence-corrected chi connectivity index (χ4v) is 3.94. The lowest BCUT2D eigenvalue weighted by atomic mass is 9.74. The second-order valence-corrected chi connectivity index (χ2v) is 7.43. The van der Waals surface area contributed by atoms with E-state index in [1.54, 1.807) is 23.1 Å². The van der Waals surface area contributed by atoms with E-state index in [1.165, 1.54) is 0 Å². The Bertz CT molecular complexity index is 788. The van der Waals surface area contributed by atoms with Crippen LogP contribution in [0.15, 0.2) is 18.2 Å². The summed E-state index contributed by atoms with van der Waals surface area (Å²) in [6.45, 7) is 1.23. The molecule has 1 saturated heterocycles. The molecule has 1 atom stereocenters. The number of carbonyl (C=O) groups excluding carboxylic acids is 2. The van der Waals surface area contributed by atoms with Gasteiger partial charge < -0.3 is 24.8 Å². The molecule has 0 spiro atoms. The number of anilines is 1. The van der Waals surface area contributed by atoms with Crippen LogP contribution in [0.25, 0.3) is 0 Å². The Morgan fingerprint density at radius 1 is 1.22 bits per heavy atom. The van der Waals surface area contributed by atoms with E-state index in [4.69, 9.17) is 14.6 Å². The third-order valence-corrected chi connectivity index (χ3v) is 5.52. The summed E-state index contributed by atoms with van der Waals surface area (Å²) in [5.41, 5.74) is 0.0135. The Morgan fingerprint density at radius 3 is 2.63 bits per heavy atom. The van der Waals surface area contributed by atoms with Crippen molar-refractivity contribution in [1.82, 2.24) is 5.32 Å². The molecular formula is C19H22N2O6. The van der Waals surface area contributed by atoms with Gasteiger partial charge in [-0.15, -0.1) is 0 Å². The molecule has 0 aromatic heterocycles. The highest BCUT2D eigenvalue weighted by molar-refractivity contribution is 6.00. The van der Waals surface area contributed by atoms with Gasteiger partial charge in [0.05, 0.1) is 17.9 Å². The Balaban J connectivity index is 1.44. The minimum absolute atomic E-state index is 0.0781. The SMILES string of the molecule is O=C(O)CC1(NC(=O)C2CC(=O)N(c3ccc4c(c3)OCCO4)C2)CCC1. The lowest BCUT2D eigenvalue weighted by Gasteiger charge is -2.42. The van der Waals surface area contributed by atoms with E-state index >= 15 is 0 Å². The molecule has 1 unspecified atom stereocenters. The summed E-state index contributed by atoms with van der Waals surface area (Å²) < 4.78 is 11.1. The van der Waals surface area contributed by atoms with Crippen molar-refractivity contribution in [1.29, 1.82) is 0 Å². The third kappa shape index (κ3) is 3.43. The van der Waals surface area contributed by atoms with Gasteiger partial charge >= 0.3 is 5.97 Å². The topological polar surface area (TPSA) is 105 Å². The Kier molecular flexibility index (Phi) is 4.41. The van der Waals surface area contributed by atoms with Crippen molar-refractivity contribution in [2.24, 2.45) is 5.92 Å². The van der Waals surface area contributed by atoms with Crippen molar-refractivity contribution in [3.63, 3.8) is 0 Å². The first-order chi connectivity index (χ1) is 13.0. The first-order valence-electron chi connectivity index (χ1n) is 9.20. The van der Waals surface area contributed by atoms with Gasteiger partial charge in [0.2, 0.25) is 11.8 Å². The van der Waals surface area contributed by atoms with Gasteiger partial charge in [-0.2, -0.15) is 0 Å². The summed E-state index contributed by atoms with van der Waals surface area (Å²) in [5.74, 6) is -0.551. The highest BCUT2D eigenvalue weighted by Crippen LogP contribution is 2.37. The molecule has 2 N–H and O–H groups in total.